The molecule has 1 heterocycles. The van der Waals surface area contributed by atoms with Gasteiger partial charge in [-0.2, -0.15) is 0 Å². The van der Waals surface area contributed by atoms with Crippen LogP contribution in [0.25, 0.3) is 0 Å². The maximum Gasteiger partial charge on any atom is 0.146 e. The van der Waals surface area contributed by atoms with E-state index in [9.17, 15) is 0 Å². The average Bonchev–Trinajstić information content (AvgIpc) is 2.64. The lowest BCUT2D eigenvalue weighted by molar-refractivity contribution is -0.147. The van der Waals surface area contributed by atoms with Gasteiger partial charge in [-0.3, -0.25) is 5.32 Å². The summed E-state index contributed by atoms with van der Waals surface area (Å²) in [5.41, 5.74) is 2.51. The standard InChI is InChI=1S/C20H25NO2/c1-2-20(14-22-16-23-15-20)21-19(18-11-7-4-8-12-18)13-17-9-5-3-6-10-17/h3-12,19,21H,2,13-16H2,1H3/t19-/m0/s1. The van der Waals surface area contributed by atoms with Crippen LogP contribution >= 0.6 is 0 Å². The molecule has 3 rings (SSSR count). The molecule has 3 nitrogen and oxygen atoms in total. The summed E-state index contributed by atoms with van der Waals surface area (Å²) in [5.74, 6) is 0. The summed E-state index contributed by atoms with van der Waals surface area (Å²) >= 11 is 0. The van der Waals surface area contributed by atoms with E-state index >= 15 is 0 Å². The maximum absolute atomic E-state index is 5.58. The molecule has 23 heavy (non-hydrogen) atoms. The largest absolute Gasteiger partial charge is 0.353 e. The molecule has 1 N–H and O–H groups in total. The van der Waals surface area contributed by atoms with Crippen LogP contribution in [0.1, 0.15) is 30.5 Å². The van der Waals surface area contributed by atoms with Crippen molar-refractivity contribution in [2.24, 2.45) is 0 Å². The third-order valence-corrected chi connectivity index (χ3v) is 4.57. The van der Waals surface area contributed by atoms with Crippen molar-refractivity contribution in [1.82, 2.24) is 5.32 Å². The second-order valence-corrected chi connectivity index (χ2v) is 6.25. The molecule has 2 aromatic rings. The van der Waals surface area contributed by atoms with Crippen LogP contribution in [0.4, 0.5) is 0 Å². The first-order chi connectivity index (χ1) is 11.3. The minimum atomic E-state index is -0.118. The highest BCUT2D eigenvalue weighted by Crippen LogP contribution is 2.25. The minimum Gasteiger partial charge on any atom is -0.353 e. The highest BCUT2D eigenvalue weighted by molar-refractivity contribution is 5.24. The first-order valence-corrected chi connectivity index (χ1v) is 8.33. The Labute approximate surface area is 138 Å². The van der Waals surface area contributed by atoms with Crippen molar-refractivity contribution in [3.8, 4) is 0 Å². The molecule has 1 fully saturated rings. The van der Waals surface area contributed by atoms with Gasteiger partial charge in [0.2, 0.25) is 0 Å². The molecular weight excluding hydrogens is 286 g/mol. The van der Waals surface area contributed by atoms with Gasteiger partial charge < -0.3 is 9.47 Å². The summed E-state index contributed by atoms with van der Waals surface area (Å²) < 4.78 is 11.2. The Hall–Kier alpha value is -1.68. The lowest BCUT2D eigenvalue weighted by Gasteiger charge is -2.40. The molecule has 0 amide bonds. The molecule has 0 spiro atoms. The third-order valence-electron chi connectivity index (χ3n) is 4.57. The zero-order chi connectivity index (χ0) is 16.0. The van der Waals surface area contributed by atoms with E-state index in [1.807, 2.05) is 0 Å². The van der Waals surface area contributed by atoms with Crippen molar-refractivity contribution in [3.63, 3.8) is 0 Å². The van der Waals surface area contributed by atoms with Gasteiger partial charge in [0.05, 0.1) is 18.8 Å². The molecule has 3 heteroatoms. The second-order valence-electron chi connectivity index (χ2n) is 6.25. The van der Waals surface area contributed by atoms with E-state index in [0.717, 1.165) is 12.8 Å². The average molecular weight is 311 g/mol. The highest BCUT2D eigenvalue weighted by atomic mass is 16.7. The molecule has 1 aliphatic heterocycles. The summed E-state index contributed by atoms with van der Waals surface area (Å²) in [6, 6.07) is 21.5. The Balaban J connectivity index is 1.82. The number of rotatable bonds is 6. The molecule has 0 aliphatic carbocycles. The fourth-order valence-electron chi connectivity index (χ4n) is 3.12. The SMILES string of the molecule is CCC1(N[C@@H](Cc2ccccc2)c2ccccc2)COCOC1. The van der Waals surface area contributed by atoms with Crippen LogP contribution in [-0.2, 0) is 15.9 Å². The van der Waals surface area contributed by atoms with Crippen molar-refractivity contribution in [1.29, 1.82) is 0 Å². The van der Waals surface area contributed by atoms with Crippen LogP contribution in [0.5, 0.6) is 0 Å². The first-order valence-electron chi connectivity index (χ1n) is 8.33. The first kappa shape index (κ1) is 16.2. The second kappa shape index (κ2) is 7.73. The Morgan fingerprint density at radius 3 is 2.17 bits per heavy atom. The Morgan fingerprint density at radius 2 is 1.57 bits per heavy atom. The number of ether oxygens (including phenoxy) is 2. The lowest BCUT2D eigenvalue weighted by Crippen LogP contribution is -2.56. The van der Waals surface area contributed by atoms with Gasteiger partial charge in [-0.15, -0.1) is 0 Å². The van der Waals surface area contributed by atoms with Crippen LogP contribution < -0.4 is 5.32 Å². The van der Waals surface area contributed by atoms with E-state index in [0.29, 0.717) is 20.0 Å². The Morgan fingerprint density at radius 1 is 0.957 bits per heavy atom. The zero-order valence-electron chi connectivity index (χ0n) is 13.7. The summed E-state index contributed by atoms with van der Waals surface area (Å²) in [6.45, 7) is 3.98. The topological polar surface area (TPSA) is 30.5 Å². The minimum absolute atomic E-state index is 0.118. The van der Waals surface area contributed by atoms with Crippen molar-refractivity contribution in [2.75, 3.05) is 20.0 Å². The van der Waals surface area contributed by atoms with E-state index in [1.165, 1.54) is 11.1 Å². The van der Waals surface area contributed by atoms with Gasteiger partial charge in [-0.05, 0) is 24.0 Å². The van der Waals surface area contributed by atoms with Crippen molar-refractivity contribution in [3.05, 3.63) is 71.8 Å². The van der Waals surface area contributed by atoms with Gasteiger partial charge in [-0.25, -0.2) is 0 Å². The van der Waals surface area contributed by atoms with Gasteiger partial charge in [0.1, 0.15) is 6.79 Å². The van der Waals surface area contributed by atoms with Gasteiger partial charge in [0.15, 0.2) is 0 Å². The van der Waals surface area contributed by atoms with Gasteiger partial charge in [-0.1, -0.05) is 67.6 Å². The zero-order valence-corrected chi connectivity index (χ0v) is 13.7. The van der Waals surface area contributed by atoms with E-state index in [1.54, 1.807) is 0 Å². The Kier molecular flexibility index (Phi) is 5.44. The summed E-state index contributed by atoms with van der Waals surface area (Å²) in [6.07, 6.45) is 1.93. The quantitative estimate of drug-likeness (QED) is 0.882. The van der Waals surface area contributed by atoms with Crippen molar-refractivity contribution < 1.29 is 9.47 Å². The molecule has 1 saturated heterocycles. The smallest absolute Gasteiger partial charge is 0.146 e. The predicted octanol–water partition coefficient (Wildman–Crippen LogP) is 3.71. The van der Waals surface area contributed by atoms with Crippen LogP contribution in [0.3, 0.4) is 0 Å². The van der Waals surface area contributed by atoms with Crippen molar-refractivity contribution in [2.45, 2.75) is 31.3 Å². The normalized spacial score (nSPS) is 18.5. The summed E-state index contributed by atoms with van der Waals surface area (Å²) in [5, 5.41) is 3.83. The molecule has 0 bridgehead atoms. The number of hydrogen-bond acceptors (Lipinski definition) is 3. The van der Waals surface area contributed by atoms with Crippen molar-refractivity contribution >= 4 is 0 Å². The van der Waals surface area contributed by atoms with Gasteiger partial charge >= 0.3 is 0 Å². The van der Waals surface area contributed by atoms with E-state index < -0.39 is 0 Å². The fraction of sp³-hybridized carbons (Fsp3) is 0.400. The monoisotopic (exact) mass is 311 g/mol. The number of benzene rings is 2. The van der Waals surface area contributed by atoms with Crippen LogP contribution in [0.2, 0.25) is 0 Å². The van der Waals surface area contributed by atoms with E-state index in [-0.39, 0.29) is 11.6 Å². The van der Waals surface area contributed by atoms with E-state index in [4.69, 9.17) is 9.47 Å². The van der Waals surface area contributed by atoms with Crippen LogP contribution in [0, 0.1) is 0 Å². The number of hydrogen-bond donors (Lipinski definition) is 1. The molecule has 0 aromatic heterocycles. The molecule has 2 aromatic carbocycles. The molecule has 1 aliphatic rings. The van der Waals surface area contributed by atoms with Gasteiger partial charge in [0, 0.05) is 6.04 Å². The highest BCUT2D eigenvalue weighted by Gasteiger charge is 2.34. The van der Waals surface area contributed by atoms with E-state index in [2.05, 4.69) is 72.9 Å². The summed E-state index contributed by atoms with van der Waals surface area (Å²) in [4.78, 5) is 0. The molecule has 0 unspecified atom stereocenters. The molecule has 122 valence electrons. The van der Waals surface area contributed by atoms with Crippen LogP contribution in [-0.4, -0.2) is 25.5 Å². The van der Waals surface area contributed by atoms with Gasteiger partial charge in [0.25, 0.3) is 0 Å². The third kappa shape index (κ3) is 4.20. The van der Waals surface area contributed by atoms with Crippen LogP contribution in [0.15, 0.2) is 60.7 Å². The fourth-order valence-corrected chi connectivity index (χ4v) is 3.12. The number of nitrogens with one attached hydrogen (secondary N) is 1. The Bertz CT molecular complexity index is 579. The molecule has 0 saturated carbocycles. The molecule has 0 radical (unpaired) electrons. The molecule has 1 atom stereocenters. The lowest BCUT2D eigenvalue weighted by atomic mass is 9.91. The maximum atomic E-state index is 5.58. The predicted molar refractivity (Wildman–Crippen MR) is 92.3 cm³/mol. The molecular formula is C20H25NO2. The summed E-state index contributed by atoms with van der Waals surface area (Å²) in [7, 11) is 0.